The number of piperidine rings is 1. The molecule has 2 amide bonds. The molecule has 112 valence electrons. The predicted molar refractivity (Wildman–Crippen MR) is 76.1 cm³/mol. The zero-order valence-electron chi connectivity index (χ0n) is 11.1. The van der Waals surface area contributed by atoms with Crippen molar-refractivity contribution in [1.82, 2.24) is 10.2 Å². The van der Waals surface area contributed by atoms with E-state index in [0.29, 0.717) is 18.0 Å². The Balaban J connectivity index is 1.66. The topological polar surface area (TPSA) is 69.6 Å². The number of amides is 2. The fourth-order valence-electron chi connectivity index (χ4n) is 2.96. The number of fused-ring (bicyclic) bond motifs is 1. The molecule has 2 N–H and O–H groups in total. The molecule has 1 saturated carbocycles. The molecule has 1 saturated heterocycles. The molecule has 21 heavy (non-hydrogen) atoms. The van der Waals surface area contributed by atoms with Crippen molar-refractivity contribution < 1.29 is 19.1 Å². The van der Waals surface area contributed by atoms with E-state index in [1.165, 1.54) is 11.0 Å². The summed E-state index contributed by atoms with van der Waals surface area (Å²) in [7, 11) is 0. The van der Waals surface area contributed by atoms with Crippen molar-refractivity contribution in [1.29, 1.82) is 0 Å². The lowest BCUT2D eigenvalue weighted by atomic mass is 10.1. The normalized spacial score (nSPS) is 26.4. The zero-order valence-corrected chi connectivity index (χ0v) is 12.6. The molecule has 0 aromatic heterocycles. The molecule has 0 spiro atoms. The highest BCUT2D eigenvalue weighted by atomic mass is 79.9. The average Bonchev–Trinajstić information content (AvgIpc) is 3.10. The van der Waals surface area contributed by atoms with Crippen molar-refractivity contribution in [3.8, 4) is 0 Å². The number of likely N-dealkylation sites (tertiary alicyclic amines) is 1. The van der Waals surface area contributed by atoms with Gasteiger partial charge in [-0.15, -0.1) is 0 Å². The van der Waals surface area contributed by atoms with Crippen LogP contribution in [0.1, 0.15) is 12.0 Å². The predicted octanol–water partition coefficient (Wildman–Crippen LogP) is 2.20. The summed E-state index contributed by atoms with van der Waals surface area (Å²) in [6, 6.07) is 3.86. The van der Waals surface area contributed by atoms with Crippen LogP contribution >= 0.6 is 15.9 Å². The fraction of sp³-hybridized carbons (Fsp3) is 0.429. The van der Waals surface area contributed by atoms with E-state index in [-0.39, 0.29) is 18.4 Å². The highest BCUT2D eigenvalue weighted by Gasteiger charge is 2.57. The van der Waals surface area contributed by atoms with Crippen LogP contribution in [0.3, 0.4) is 0 Å². The second-order valence-corrected chi connectivity index (χ2v) is 6.41. The number of carboxylic acid groups (broad SMARTS) is 1. The van der Waals surface area contributed by atoms with Crippen molar-refractivity contribution in [2.24, 2.45) is 11.8 Å². The van der Waals surface area contributed by atoms with Gasteiger partial charge in [0.25, 0.3) is 0 Å². The Labute approximate surface area is 129 Å². The van der Waals surface area contributed by atoms with Crippen molar-refractivity contribution in [3.63, 3.8) is 0 Å². The van der Waals surface area contributed by atoms with Crippen LogP contribution in [0.15, 0.2) is 22.7 Å². The van der Waals surface area contributed by atoms with Crippen LogP contribution in [0.5, 0.6) is 0 Å². The molecule has 2 fully saturated rings. The summed E-state index contributed by atoms with van der Waals surface area (Å²) in [6.45, 7) is 0.467. The molecule has 1 aliphatic carbocycles. The molecule has 0 radical (unpaired) electrons. The Bertz CT molecular complexity index is 610. The third-order valence-electron chi connectivity index (χ3n) is 4.12. The van der Waals surface area contributed by atoms with Gasteiger partial charge in [0.1, 0.15) is 11.9 Å². The van der Waals surface area contributed by atoms with Crippen LogP contribution < -0.4 is 5.32 Å². The molecule has 1 aromatic rings. The zero-order chi connectivity index (χ0) is 15.1. The standard InChI is InChI=1S/C14H14BrFN2O3/c15-9-1-2-11(16)7(3-9)5-17-13(19)12-10-4-8(10)6-18(12)14(20)21/h1-3,8,10,12H,4-6H2,(H,17,19)(H,20,21)/t8-,10-,12-/m0/s1. The summed E-state index contributed by atoms with van der Waals surface area (Å²) < 4.78 is 14.3. The van der Waals surface area contributed by atoms with E-state index in [1.54, 1.807) is 12.1 Å². The number of hydrogen-bond acceptors (Lipinski definition) is 2. The molecule has 7 heteroatoms. The SMILES string of the molecule is O=C(NCc1cc(Br)ccc1F)[C@@H]1[C@H]2C[C@H]2CN1C(=O)O. The van der Waals surface area contributed by atoms with Crippen molar-refractivity contribution in [3.05, 3.63) is 34.1 Å². The fourth-order valence-corrected chi connectivity index (χ4v) is 3.37. The largest absolute Gasteiger partial charge is 0.465 e. The molecule has 2 aliphatic rings. The molecular weight excluding hydrogens is 343 g/mol. The summed E-state index contributed by atoms with van der Waals surface area (Å²) in [5, 5.41) is 11.8. The molecule has 3 atom stereocenters. The van der Waals surface area contributed by atoms with Gasteiger partial charge in [-0.1, -0.05) is 15.9 Å². The van der Waals surface area contributed by atoms with Gasteiger partial charge in [-0.3, -0.25) is 9.69 Å². The van der Waals surface area contributed by atoms with Gasteiger partial charge < -0.3 is 10.4 Å². The first kappa shape index (κ1) is 14.3. The molecule has 3 rings (SSSR count). The van der Waals surface area contributed by atoms with Crippen LogP contribution in [-0.4, -0.2) is 34.6 Å². The van der Waals surface area contributed by atoms with E-state index in [0.717, 1.165) is 10.9 Å². The van der Waals surface area contributed by atoms with Gasteiger partial charge in [-0.05, 0) is 36.5 Å². The molecule has 5 nitrogen and oxygen atoms in total. The number of benzene rings is 1. The Morgan fingerprint density at radius 3 is 2.95 bits per heavy atom. The minimum atomic E-state index is -1.07. The van der Waals surface area contributed by atoms with Crippen LogP contribution in [0, 0.1) is 17.7 Å². The summed E-state index contributed by atoms with van der Waals surface area (Å²) in [5.41, 5.74) is 0.366. The number of carbonyl (C=O) groups excluding carboxylic acids is 1. The maximum atomic E-state index is 13.6. The smallest absolute Gasteiger partial charge is 0.407 e. The number of hydrogen-bond donors (Lipinski definition) is 2. The van der Waals surface area contributed by atoms with Crippen molar-refractivity contribution in [2.45, 2.75) is 19.0 Å². The van der Waals surface area contributed by atoms with E-state index in [2.05, 4.69) is 21.2 Å². The number of nitrogens with one attached hydrogen (secondary N) is 1. The van der Waals surface area contributed by atoms with Gasteiger partial charge in [0.05, 0.1) is 0 Å². The maximum absolute atomic E-state index is 13.6. The third kappa shape index (κ3) is 2.74. The number of rotatable bonds is 3. The van der Waals surface area contributed by atoms with Gasteiger partial charge in [0.15, 0.2) is 0 Å². The lowest BCUT2D eigenvalue weighted by molar-refractivity contribution is -0.125. The first-order valence-electron chi connectivity index (χ1n) is 6.68. The first-order chi connectivity index (χ1) is 9.97. The summed E-state index contributed by atoms with van der Waals surface area (Å²) in [6.07, 6.45) is -0.177. The first-order valence-corrected chi connectivity index (χ1v) is 7.48. The molecule has 1 aliphatic heterocycles. The van der Waals surface area contributed by atoms with Gasteiger partial charge in [0.2, 0.25) is 5.91 Å². The van der Waals surface area contributed by atoms with E-state index < -0.39 is 18.0 Å². The summed E-state index contributed by atoms with van der Waals surface area (Å²) >= 11 is 3.25. The van der Waals surface area contributed by atoms with Gasteiger partial charge in [-0.25, -0.2) is 9.18 Å². The summed E-state index contributed by atoms with van der Waals surface area (Å²) in [5.74, 6) is -0.320. The monoisotopic (exact) mass is 356 g/mol. The molecular formula is C14H14BrFN2O3. The molecule has 1 heterocycles. The van der Waals surface area contributed by atoms with Crippen LogP contribution in [0.4, 0.5) is 9.18 Å². The lowest BCUT2D eigenvalue weighted by Crippen LogP contribution is -2.47. The van der Waals surface area contributed by atoms with Crippen molar-refractivity contribution in [2.75, 3.05) is 6.54 Å². The number of halogens is 2. The van der Waals surface area contributed by atoms with Crippen LogP contribution in [-0.2, 0) is 11.3 Å². The number of nitrogens with zero attached hydrogens (tertiary/aromatic N) is 1. The van der Waals surface area contributed by atoms with Crippen molar-refractivity contribution >= 4 is 27.9 Å². The maximum Gasteiger partial charge on any atom is 0.407 e. The van der Waals surface area contributed by atoms with Gasteiger partial charge >= 0.3 is 6.09 Å². The van der Waals surface area contributed by atoms with Crippen LogP contribution in [0.25, 0.3) is 0 Å². The minimum Gasteiger partial charge on any atom is -0.465 e. The third-order valence-corrected chi connectivity index (χ3v) is 4.62. The highest BCUT2D eigenvalue weighted by Crippen LogP contribution is 2.49. The van der Waals surface area contributed by atoms with Gasteiger partial charge in [-0.2, -0.15) is 0 Å². The Morgan fingerprint density at radius 2 is 2.24 bits per heavy atom. The van der Waals surface area contributed by atoms with E-state index >= 15 is 0 Å². The molecule has 1 aromatic carbocycles. The quantitative estimate of drug-likeness (QED) is 0.872. The second-order valence-electron chi connectivity index (χ2n) is 5.49. The lowest BCUT2D eigenvalue weighted by Gasteiger charge is -2.23. The average molecular weight is 357 g/mol. The molecule has 0 unspecified atom stereocenters. The summed E-state index contributed by atoms with van der Waals surface area (Å²) in [4.78, 5) is 24.5. The van der Waals surface area contributed by atoms with E-state index in [4.69, 9.17) is 5.11 Å². The highest BCUT2D eigenvalue weighted by molar-refractivity contribution is 9.10. The number of carbonyl (C=O) groups is 2. The Morgan fingerprint density at radius 1 is 1.48 bits per heavy atom. The van der Waals surface area contributed by atoms with Crippen LogP contribution in [0.2, 0.25) is 0 Å². The Kier molecular flexibility index (Phi) is 3.61. The van der Waals surface area contributed by atoms with Gasteiger partial charge in [0, 0.05) is 23.1 Å². The minimum absolute atomic E-state index is 0.0471. The second kappa shape index (κ2) is 5.29. The van der Waals surface area contributed by atoms with E-state index in [1.807, 2.05) is 0 Å². The van der Waals surface area contributed by atoms with E-state index in [9.17, 15) is 14.0 Å². The Hall–Kier alpha value is -1.63. The molecule has 0 bridgehead atoms.